The first-order chi connectivity index (χ1) is 38.3. The monoisotopic (exact) mass is 950 g/mol. The van der Waals surface area contributed by atoms with E-state index in [-0.39, 0.29) is 69.4 Å². The van der Waals surface area contributed by atoms with Crippen LogP contribution >= 0.6 is 0 Å². The van der Waals surface area contributed by atoms with Crippen LogP contribution in [0.2, 0.25) is 0 Å². The lowest BCUT2D eigenvalue weighted by molar-refractivity contribution is 0.483. The van der Waals surface area contributed by atoms with Crippen molar-refractivity contribution in [1.29, 1.82) is 0 Å². The number of pyridine rings is 1. The standard InChI is InChI=1S/C67H64N4O/c1-43(2)47-27-32-54(44(3)37-47)55-33-28-48(38-45(55)4)57-21-16-20-56(46-25-29-49(30-26-46)66(5,6)7)65(57)70-42-69(61-23-13-14-24-62(61)70)51-17-15-18-52(40-51)72-53-31-34-59-58-19-11-12-22-60(58)71(63(59)41-53)64-39-50(35-36-68-64)67(8,9)10/h11-41,43H,42H2,1-10H3/i3D3,4D3,16D,20D,21D. The summed E-state index contributed by atoms with van der Waals surface area (Å²) < 4.78 is 90.4. The maximum atomic E-state index is 9.80. The van der Waals surface area contributed by atoms with E-state index in [0.29, 0.717) is 33.9 Å². The third-order valence-electron chi connectivity index (χ3n) is 14.1. The normalized spacial score (nSPS) is 15.0. The summed E-state index contributed by atoms with van der Waals surface area (Å²) in [6.07, 6.45) is 1.87. The molecule has 5 heteroatoms. The van der Waals surface area contributed by atoms with Crippen LogP contribution in [0.4, 0.5) is 22.7 Å². The summed E-state index contributed by atoms with van der Waals surface area (Å²) in [5, 5.41) is 2.18. The second kappa shape index (κ2) is 18.1. The summed E-state index contributed by atoms with van der Waals surface area (Å²) in [5.41, 5.74) is 9.75. The fraction of sp³-hybridized carbons (Fsp3) is 0.209. The number of hydrogen-bond donors (Lipinski definition) is 0. The molecule has 0 amide bonds. The first kappa shape index (κ1) is 37.0. The molecule has 0 saturated carbocycles. The van der Waals surface area contributed by atoms with Gasteiger partial charge in [-0.25, -0.2) is 4.98 Å². The lowest BCUT2D eigenvalue weighted by Crippen LogP contribution is -2.25. The van der Waals surface area contributed by atoms with Crippen molar-refractivity contribution in [2.24, 2.45) is 0 Å². The Morgan fingerprint density at radius 1 is 0.556 bits per heavy atom. The van der Waals surface area contributed by atoms with Crippen LogP contribution in [0.15, 0.2) is 188 Å². The Morgan fingerprint density at radius 3 is 1.94 bits per heavy atom. The molecular weight excluding hydrogens is 877 g/mol. The average molecular weight is 950 g/mol. The van der Waals surface area contributed by atoms with E-state index < -0.39 is 13.7 Å². The number of rotatable bonds is 9. The zero-order valence-electron chi connectivity index (χ0n) is 51.1. The molecule has 0 radical (unpaired) electrons. The van der Waals surface area contributed by atoms with Crippen molar-refractivity contribution in [2.75, 3.05) is 16.5 Å². The summed E-state index contributed by atoms with van der Waals surface area (Å²) in [6, 6.07) is 51.8. The smallest absolute Gasteiger partial charge is 0.137 e. The predicted octanol–water partition coefficient (Wildman–Crippen LogP) is 18.6. The van der Waals surface area contributed by atoms with E-state index in [1.54, 1.807) is 24.3 Å². The first-order valence-electron chi connectivity index (χ1n) is 29.2. The van der Waals surface area contributed by atoms with Gasteiger partial charge in [-0.3, -0.25) is 4.57 Å². The van der Waals surface area contributed by atoms with Crippen molar-refractivity contribution in [3.63, 3.8) is 0 Å². The van der Waals surface area contributed by atoms with Gasteiger partial charge in [0.25, 0.3) is 0 Å². The summed E-state index contributed by atoms with van der Waals surface area (Å²) >= 11 is 0. The van der Waals surface area contributed by atoms with E-state index in [1.807, 2.05) is 117 Å². The Bertz CT molecular complexity index is 4090. The number of anilines is 4. The SMILES string of the molecule is [2H]c1c([2H])c(-c2ccc(C(C)(C)C)cc2)c(N2CN(c3cccc(Oc4ccc5c6ccccc6n(-c6cc(C(C)(C)C)ccn6)c5c4)c3)c3ccccc32)c(-c2ccc(-c3ccc(C(C)C)cc3C([2H])([2H])[2H])c(C([2H])([2H])[2H])c2)c1[2H]. The van der Waals surface area contributed by atoms with Gasteiger partial charge in [0.15, 0.2) is 0 Å². The van der Waals surface area contributed by atoms with Gasteiger partial charge in [0.2, 0.25) is 0 Å². The minimum absolute atomic E-state index is 0.0304. The number of benzene rings is 8. The zero-order chi connectivity index (χ0) is 57.7. The van der Waals surface area contributed by atoms with Crippen molar-refractivity contribution in [3.8, 4) is 50.7 Å². The maximum absolute atomic E-state index is 9.80. The second-order valence-corrected chi connectivity index (χ2v) is 21.3. The number of ether oxygens (including phenoxy) is 1. The van der Waals surface area contributed by atoms with Crippen LogP contribution in [0.25, 0.3) is 61.0 Å². The molecule has 0 fully saturated rings. The Hall–Kier alpha value is -7.89. The quantitative estimate of drug-likeness (QED) is 0.144. The number of aromatic nitrogens is 2. The first-order valence-corrected chi connectivity index (χ1v) is 24.7. The summed E-state index contributed by atoms with van der Waals surface area (Å²) in [4.78, 5) is 9.06. The zero-order valence-corrected chi connectivity index (χ0v) is 42.1. The van der Waals surface area contributed by atoms with Crippen molar-refractivity contribution in [3.05, 3.63) is 216 Å². The van der Waals surface area contributed by atoms with E-state index in [0.717, 1.165) is 55.8 Å². The largest absolute Gasteiger partial charge is 0.457 e. The van der Waals surface area contributed by atoms with Gasteiger partial charge in [0.05, 0.1) is 32.2 Å². The minimum atomic E-state index is -2.73. The van der Waals surface area contributed by atoms with E-state index in [9.17, 15) is 4.11 Å². The maximum Gasteiger partial charge on any atom is 0.137 e. The van der Waals surface area contributed by atoms with Crippen LogP contribution in [0.3, 0.4) is 0 Å². The van der Waals surface area contributed by atoms with E-state index in [4.69, 9.17) is 17.9 Å². The van der Waals surface area contributed by atoms with Gasteiger partial charge in [0.1, 0.15) is 24.0 Å². The molecule has 0 bridgehead atoms. The van der Waals surface area contributed by atoms with Gasteiger partial charge in [-0.05, 0) is 135 Å². The van der Waals surface area contributed by atoms with Crippen molar-refractivity contribution in [2.45, 2.75) is 85.8 Å². The molecule has 358 valence electrons. The topological polar surface area (TPSA) is 33.5 Å². The van der Waals surface area contributed by atoms with Crippen molar-refractivity contribution >= 4 is 44.6 Å². The number of fused-ring (bicyclic) bond motifs is 4. The van der Waals surface area contributed by atoms with Crippen molar-refractivity contribution in [1.82, 2.24) is 9.55 Å². The van der Waals surface area contributed by atoms with Gasteiger partial charge < -0.3 is 14.5 Å². The lowest BCUT2D eigenvalue weighted by Gasteiger charge is -2.28. The summed E-state index contributed by atoms with van der Waals surface area (Å²) in [6.45, 7) is 11.8. The van der Waals surface area contributed by atoms with Gasteiger partial charge in [0, 0.05) is 54.1 Å². The molecule has 8 aromatic carbocycles. The third-order valence-corrected chi connectivity index (χ3v) is 14.1. The highest BCUT2D eigenvalue weighted by Gasteiger charge is 2.32. The average Bonchev–Trinajstić information content (AvgIpc) is 3.17. The van der Waals surface area contributed by atoms with Gasteiger partial charge in [-0.1, -0.05) is 171 Å². The van der Waals surface area contributed by atoms with E-state index >= 15 is 0 Å². The number of nitrogens with zero attached hydrogens (tertiary/aromatic N) is 4. The minimum Gasteiger partial charge on any atom is -0.457 e. The van der Waals surface area contributed by atoms with Crippen LogP contribution in [0, 0.1) is 13.7 Å². The van der Waals surface area contributed by atoms with Crippen molar-refractivity contribution < 1.29 is 17.1 Å². The molecule has 0 atom stereocenters. The summed E-state index contributed by atoms with van der Waals surface area (Å²) in [7, 11) is 0. The van der Waals surface area contributed by atoms with Crippen LogP contribution in [0.5, 0.6) is 11.5 Å². The van der Waals surface area contributed by atoms with E-state index in [2.05, 4.69) is 92.3 Å². The third kappa shape index (κ3) is 8.51. The molecular formula is C67H64N4O. The van der Waals surface area contributed by atoms with Gasteiger partial charge >= 0.3 is 0 Å². The van der Waals surface area contributed by atoms with Gasteiger partial charge in [-0.2, -0.15) is 0 Å². The fourth-order valence-electron chi connectivity index (χ4n) is 10.1. The molecule has 11 rings (SSSR count). The highest BCUT2D eigenvalue weighted by molar-refractivity contribution is 6.09. The molecule has 0 aliphatic carbocycles. The molecule has 0 spiro atoms. The molecule has 1 aliphatic heterocycles. The number of aryl methyl sites for hydroxylation is 2. The lowest BCUT2D eigenvalue weighted by atomic mass is 9.85. The molecule has 0 N–H and O–H groups in total. The Labute approximate surface area is 438 Å². The summed E-state index contributed by atoms with van der Waals surface area (Å²) in [5.74, 6) is 2.08. The van der Waals surface area contributed by atoms with Crippen LogP contribution < -0.4 is 14.5 Å². The Kier molecular flexibility index (Phi) is 9.27. The Morgan fingerprint density at radius 2 is 1.21 bits per heavy atom. The molecule has 5 nitrogen and oxygen atoms in total. The predicted molar refractivity (Wildman–Crippen MR) is 304 cm³/mol. The molecule has 3 heterocycles. The number of hydrogen-bond acceptors (Lipinski definition) is 4. The molecule has 72 heavy (non-hydrogen) atoms. The molecule has 2 aromatic heterocycles. The second-order valence-electron chi connectivity index (χ2n) is 21.3. The molecule has 0 saturated heterocycles. The highest BCUT2D eigenvalue weighted by atomic mass is 16.5. The van der Waals surface area contributed by atoms with Crippen LogP contribution in [-0.2, 0) is 10.8 Å². The fourth-order valence-corrected chi connectivity index (χ4v) is 10.1. The van der Waals surface area contributed by atoms with Gasteiger partial charge in [-0.15, -0.1) is 0 Å². The van der Waals surface area contributed by atoms with E-state index in [1.165, 1.54) is 11.6 Å². The van der Waals surface area contributed by atoms with Crippen LogP contribution in [-0.4, -0.2) is 16.2 Å². The van der Waals surface area contributed by atoms with Crippen LogP contribution in [0.1, 0.15) is 101 Å². The number of para-hydroxylation sites is 4. The molecule has 0 unspecified atom stereocenters. The molecule has 1 aliphatic rings. The Balaban J connectivity index is 1.05. The molecule has 10 aromatic rings. The highest BCUT2D eigenvalue weighted by Crippen LogP contribution is 2.51.